The lowest BCUT2D eigenvalue weighted by molar-refractivity contribution is -0.130. The first-order valence-electron chi connectivity index (χ1n) is 11.0. The van der Waals surface area contributed by atoms with E-state index in [2.05, 4.69) is 47.6 Å². The second-order valence-electron chi connectivity index (χ2n) is 8.76. The van der Waals surface area contributed by atoms with E-state index in [4.69, 9.17) is 4.74 Å². The van der Waals surface area contributed by atoms with Crippen LogP contribution in [0.1, 0.15) is 42.8 Å². The Morgan fingerprint density at radius 2 is 1.83 bits per heavy atom. The van der Waals surface area contributed by atoms with E-state index in [0.29, 0.717) is 12.3 Å². The lowest BCUT2D eigenvalue weighted by Gasteiger charge is -2.22. The number of hydrogen-bond donors (Lipinski definition) is 0. The number of aromatic nitrogens is 2. The van der Waals surface area contributed by atoms with Gasteiger partial charge in [0.05, 0.1) is 19.2 Å². The van der Waals surface area contributed by atoms with Crippen molar-refractivity contribution < 1.29 is 9.53 Å². The number of benzene rings is 1. The van der Waals surface area contributed by atoms with Crippen molar-refractivity contribution in [3.63, 3.8) is 0 Å². The molecule has 30 heavy (non-hydrogen) atoms. The standard InChI is InChI=1S/C24H36N4O2/c1-18(2)16-28-20(4)23(19(3)25-28)15-24(29)27-12-6-11-26(13-14-27)17-21-7-9-22(30-5)10-8-21/h7-10,18H,6,11-17H2,1-5H3. The molecule has 1 aliphatic rings. The smallest absolute Gasteiger partial charge is 0.227 e. The van der Waals surface area contributed by atoms with E-state index >= 15 is 0 Å². The Balaban J connectivity index is 1.57. The molecule has 0 aliphatic carbocycles. The van der Waals surface area contributed by atoms with Crippen molar-refractivity contribution in [2.75, 3.05) is 33.3 Å². The summed E-state index contributed by atoms with van der Waals surface area (Å²) in [5.74, 6) is 1.64. The highest BCUT2D eigenvalue weighted by atomic mass is 16.5. The van der Waals surface area contributed by atoms with Crippen LogP contribution in [0.3, 0.4) is 0 Å². The van der Waals surface area contributed by atoms with Gasteiger partial charge in [-0.15, -0.1) is 0 Å². The Labute approximate surface area is 180 Å². The highest BCUT2D eigenvalue weighted by molar-refractivity contribution is 5.79. The number of amides is 1. The Bertz CT molecular complexity index is 842. The molecule has 0 saturated carbocycles. The van der Waals surface area contributed by atoms with Crippen LogP contribution in [-0.4, -0.2) is 58.8 Å². The molecule has 0 unspecified atom stereocenters. The largest absolute Gasteiger partial charge is 0.497 e. The van der Waals surface area contributed by atoms with Crippen LogP contribution in [-0.2, 0) is 24.3 Å². The summed E-state index contributed by atoms with van der Waals surface area (Å²) < 4.78 is 7.30. The van der Waals surface area contributed by atoms with Crippen molar-refractivity contribution in [2.24, 2.45) is 5.92 Å². The summed E-state index contributed by atoms with van der Waals surface area (Å²) in [4.78, 5) is 17.5. The molecule has 1 aromatic heterocycles. The molecule has 0 radical (unpaired) electrons. The molecule has 1 aliphatic heterocycles. The quantitative estimate of drug-likeness (QED) is 0.699. The SMILES string of the molecule is COc1ccc(CN2CCCN(C(=O)Cc3c(C)nn(CC(C)C)c3C)CC2)cc1. The maximum Gasteiger partial charge on any atom is 0.227 e. The van der Waals surface area contributed by atoms with Crippen LogP contribution in [0.5, 0.6) is 5.75 Å². The fourth-order valence-corrected chi connectivity index (χ4v) is 4.14. The molecule has 0 N–H and O–H groups in total. The zero-order valence-corrected chi connectivity index (χ0v) is 19.1. The number of aryl methyl sites for hydroxylation is 1. The van der Waals surface area contributed by atoms with Crippen LogP contribution < -0.4 is 4.74 Å². The lowest BCUT2D eigenvalue weighted by atomic mass is 10.1. The molecule has 1 amide bonds. The van der Waals surface area contributed by atoms with Crippen LogP contribution in [0.25, 0.3) is 0 Å². The first-order valence-corrected chi connectivity index (χ1v) is 11.0. The lowest BCUT2D eigenvalue weighted by Crippen LogP contribution is -2.36. The van der Waals surface area contributed by atoms with Gasteiger partial charge in [0.15, 0.2) is 0 Å². The van der Waals surface area contributed by atoms with E-state index in [-0.39, 0.29) is 5.91 Å². The topological polar surface area (TPSA) is 50.6 Å². The van der Waals surface area contributed by atoms with Gasteiger partial charge in [-0.3, -0.25) is 14.4 Å². The van der Waals surface area contributed by atoms with Gasteiger partial charge in [0, 0.05) is 50.5 Å². The average molecular weight is 413 g/mol. The van der Waals surface area contributed by atoms with Gasteiger partial charge in [-0.05, 0) is 43.9 Å². The van der Waals surface area contributed by atoms with Gasteiger partial charge in [0.2, 0.25) is 5.91 Å². The number of ether oxygens (including phenoxy) is 1. The number of carbonyl (C=O) groups is 1. The van der Waals surface area contributed by atoms with E-state index in [1.54, 1.807) is 7.11 Å². The normalized spacial score (nSPS) is 15.5. The number of carbonyl (C=O) groups excluding carboxylic acids is 1. The predicted molar refractivity (Wildman–Crippen MR) is 120 cm³/mol. The molecule has 0 atom stereocenters. The Morgan fingerprint density at radius 3 is 2.50 bits per heavy atom. The van der Waals surface area contributed by atoms with E-state index in [1.807, 2.05) is 24.0 Å². The van der Waals surface area contributed by atoms with Crippen LogP contribution >= 0.6 is 0 Å². The Hall–Kier alpha value is -2.34. The molecule has 1 fully saturated rings. The van der Waals surface area contributed by atoms with Gasteiger partial charge in [-0.1, -0.05) is 26.0 Å². The van der Waals surface area contributed by atoms with Crippen LogP contribution in [0.4, 0.5) is 0 Å². The average Bonchev–Trinajstić information content (AvgIpc) is 2.89. The van der Waals surface area contributed by atoms with Crippen molar-refractivity contribution >= 4 is 5.91 Å². The van der Waals surface area contributed by atoms with Crippen molar-refractivity contribution in [2.45, 2.75) is 53.6 Å². The summed E-state index contributed by atoms with van der Waals surface area (Å²) in [6.45, 7) is 13.8. The molecule has 2 heterocycles. The molecule has 1 aromatic carbocycles. The molecule has 6 nitrogen and oxygen atoms in total. The summed E-state index contributed by atoms with van der Waals surface area (Å²) in [7, 11) is 1.69. The van der Waals surface area contributed by atoms with Crippen LogP contribution in [0.2, 0.25) is 0 Å². The monoisotopic (exact) mass is 412 g/mol. The van der Waals surface area contributed by atoms with Gasteiger partial charge in [0.1, 0.15) is 5.75 Å². The van der Waals surface area contributed by atoms with Crippen molar-refractivity contribution in [1.29, 1.82) is 0 Å². The number of rotatable bonds is 7. The maximum atomic E-state index is 13.0. The third-order valence-electron chi connectivity index (χ3n) is 5.90. The number of nitrogens with zero attached hydrogens (tertiary/aromatic N) is 4. The van der Waals surface area contributed by atoms with Gasteiger partial charge >= 0.3 is 0 Å². The third-order valence-corrected chi connectivity index (χ3v) is 5.90. The van der Waals surface area contributed by atoms with Gasteiger partial charge in [-0.2, -0.15) is 5.10 Å². The molecule has 3 rings (SSSR count). The third kappa shape index (κ3) is 5.63. The van der Waals surface area contributed by atoms with Crippen LogP contribution in [0, 0.1) is 19.8 Å². The van der Waals surface area contributed by atoms with E-state index < -0.39 is 0 Å². The zero-order chi connectivity index (χ0) is 21.7. The number of hydrogen-bond acceptors (Lipinski definition) is 4. The molecular formula is C24H36N4O2. The highest BCUT2D eigenvalue weighted by Gasteiger charge is 2.22. The van der Waals surface area contributed by atoms with Gasteiger partial charge < -0.3 is 9.64 Å². The van der Waals surface area contributed by atoms with Gasteiger partial charge in [-0.25, -0.2) is 0 Å². The molecule has 2 aromatic rings. The summed E-state index contributed by atoms with van der Waals surface area (Å²) in [5.41, 5.74) is 4.49. The zero-order valence-electron chi connectivity index (χ0n) is 19.1. The minimum Gasteiger partial charge on any atom is -0.497 e. The molecule has 164 valence electrons. The van der Waals surface area contributed by atoms with Crippen molar-refractivity contribution in [1.82, 2.24) is 19.6 Å². The van der Waals surface area contributed by atoms with Crippen molar-refractivity contribution in [3.05, 3.63) is 46.8 Å². The summed E-state index contributed by atoms with van der Waals surface area (Å²) in [5, 5.41) is 4.67. The molecular weight excluding hydrogens is 376 g/mol. The summed E-state index contributed by atoms with van der Waals surface area (Å²) >= 11 is 0. The molecule has 0 spiro atoms. The second kappa shape index (κ2) is 10.1. The highest BCUT2D eigenvalue weighted by Crippen LogP contribution is 2.18. The Kier molecular flexibility index (Phi) is 7.53. The molecule has 0 bridgehead atoms. The van der Waals surface area contributed by atoms with E-state index in [0.717, 1.165) is 68.4 Å². The predicted octanol–water partition coefficient (Wildman–Crippen LogP) is 3.44. The summed E-state index contributed by atoms with van der Waals surface area (Å²) in [6, 6.07) is 8.25. The number of methoxy groups -OCH3 is 1. The minimum absolute atomic E-state index is 0.219. The summed E-state index contributed by atoms with van der Waals surface area (Å²) in [6.07, 6.45) is 1.46. The first-order chi connectivity index (χ1) is 14.4. The minimum atomic E-state index is 0.219. The van der Waals surface area contributed by atoms with Crippen molar-refractivity contribution in [3.8, 4) is 5.75 Å². The molecule has 1 saturated heterocycles. The Morgan fingerprint density at radius 1 is 1.10 bits per heavy atom. The van der Waals surface area contributed by atoms with Gasteiger partial charge in [0.25, 0.3) is 0 Å². The fraction of sp³-hybridized carbons (Fsp3) is 0.583. The van der Waals surface area contributed by atoms with E-state index in [9.17, 15) is 4.79 Å². The molecule has 6 heteroatoms. The van der Waals surface area contributed by atoms with E-state index in [1.165, 1.54) is 5.56 Å². The maximum absolute atomic E-state index is 13.0. The first kappa shape index (κ1) is 22.3. The second-order valence-corrected chi connectivity index (χ2v) is 8.76. The van der Waals surface area contributed by atoms with Crippen LogP contribution in [0.15, 0.2) is 24.3 Å². The fourth-order valence-electron chi connectivity index (χ4n) is 4.14.